The zero-order chi connectivity index (χ0) is 17.2. The third kappa shape index (κ3) is 4.28. The molecular formula is C17H27N3O3. The standard InChI is InChI=1S/C17H27N3O3/c1-12-10-19(16(22)23-17(2,3)4)7-8-20(12)15-6-5-14(18)9-13(15)11-21/h5-6,9,12,21H,7-8,10-11,18H2,1-4H3. The van der Waals surface area contributed by atoms with Crippen LogP contribution in [0.1, 0.15) is 33.3 Å². The molecule has 1 aliphatic heterocycles. The number of carbonyl (C=O) groups excluding carboxylic acids is 1. The Bertz CT molecular complexity index is 569. The molecule has 23 heavy (non-hydrogen) atoms. The molecule has 0 bridgehead atoms. The van der Waals surface area contributed by atoms with Crippen LogP contribution in [0.15, 0.2) is 18.2 Å². The van der Waals surface area contributed by atoms with Crippen molar-refractivity contribution in [1.82, 2.24) is 4.90 Å². The van der Waals surface area contributed by atoms with Gasteiger partial charge in [-0.15, -0.1) is 0 Å². The molecule has 0 aromatic heterocycles. The molecule has 1 aromatic carbocycles. The largest absolute Gasteiger partial charge is 0.444 e. The van der Waals surface area contributed by atoms with Crippen LogP contribution in [0.5, 0.6) is 0 Å². The topological polar surface area (TPSA) is 79.0 Å². The van der Waals surface area contributed by atoms with Gasteiger partial charge in [0.1, 0.15) is 5.60 Å². The molecule has 1 amide bonds. The van der Waals surface area contributed by atoms with Gasteiger partial charge in [0.2, 0.25) is 0 Å². The van der Waals surface area contributed by atoms with Crippen molar-refractivity contribution in [3.63, 3.8) is 0 Å². The number of rotatable bonds is 2. The summed E-state index contributed by atoms with van der Waals surface area (Å²) in [6.45, 7) is 9.48. The van der Waals surface area contributed by atoms with E-state index in [9.17, 15) is 9.90 Å². The number of nitrogens with zero attached hydrogens (tertiary/aromatic N) is 2. The Labute approximate surface area is 137 Å². The van der Waals surface area contributed by atoms with Crippen LogP contribution in [-0.2, 0) is 11.3 Å². The summed E-state index contributed by atoms with van der Waals surface area (Å²) < 4.78 is 5.44. The number of anilines is 2. The first-order valence-corrected chi connectivity index (χ1v) is 7.95. The summed E-state index contributed by atoms with van der Waals surface area (Å²) in [6, 6.07) is 5.69. The average Bonchev–Trinajstić information content (AvgIpc) is 2.45. The first kappa shape index (κ1) is 17.4. The minimum atomic E-state index is -0.488. The van der Waals surface area contributed by atoms with Gasteiger partial charge in [0.15, 0.2) is 0 Å². The summed E-state index contributed by atoms with van der Waals surface area (Å²) in [6.07, 6.45) is -0.274. The molecule has 3 N–H and O–H groups in total. The van der Waals surface area contributed by atoms with Gasteiger partial charge in [0, 0.05) is 42.6 Å². The summed E-state index contributed by atoms with van der Waals surface area (Å²) in [5.41, 5.74) is 7.72. The smallest absolute Gasteiger partial charge is 0.410 e. The predicted molar refractivity (Wildman–Crippen MR) is 91.4 cm³/mol. The molecule has 1 atom stereocenters. The van der Waals surface area contributed by atoms with Crippen molar-refractivity contribution in [1.29, 1.82) is 0 Å². The Morgan fingerprint density at radius 3 is 2.65 bits per heavy atom. The van der Waals surface area contributed by atoms with E-state index < -0.39 is 5.60 Å². The molecule has 1 saturated heterocycles. The number of aliphatic hydroxyl groups excluding tert-OH is 1. The lowest BCUT2D eigenvalue weighted by molar-refractivity contribution is 0.0218. The highest BCUT2D eigenvalue weighted by Crippen LogP contribution is 2.27. The Hall–Kier alpha value is -1.95. The molecule has 1 aromatic rings. The number of benzene rings is 1. The molecule has 0 aliphatic carbocycles. The molecule has 1 heterocycles. The van der Waals surface area contributed by atoms with Crippen LogP contribution in [0.4, 0.5) is 16.2 Å². The number of piperazine rings is 1. The number of nitrogens with two attached hydrogens (primary N) is 1. The Morgan fingerprint density at radius 2 is 2.09 bits per heavy atom. The van der Waals surface area contributed by atoms with Crippen LogP contribution < -0.4 is 10.6 Å². The second-order valence-corrected chi connectivity index (χ2v) is 7.02. The van der Waals surface area contributed by atoms with Gasteiger partial charge in [-0.05, 0) is 45.9 Å². The van der Waals surface area contributed by atoms with E-state index in [2.05, 4.69) is 11.8 Å². The second kappa shape index (κ2) is 6.66. The molecule has 6 heteroatoms. The van der Waals surface area contributed by atoms with Crippen molar-refractivity contribution in [3.8, 4) is 0 Å². The SMILES string of the molecule is CC1CN(C(=O)OC(C)(C)C)CCN1c1ccc(N)cc1CO. The predicted octanol–water partition coefficient (Wildman–Crippen LogP) is 2.21. The molecule has 2 rings (SSSR count). The molecule has 6 nitrogen and oxygen atoms in total. The Kier molecular flexibility index (Phi) is 5.04. The van der Waals surface area contributed by atoms with Crippen LogP contribution in [-0.4, -0.2) is 47.4 Å². The number of hydrogen-bond acceptors (Lipinski definition) is 5. The highest BCUT2D eigenvalue weighted by atomic mass is 16.6. The van der Waals surface area contributed by atoms with Gasteiger partial charge in [-0.25, -0.2) is 4.79 Å². The van der Waals surface area contributed by atoms with Gasteiger partial charge in [-0.3, -0.25) is 0 Å². The summed E-state index contributed by atoms with van der Waals surface area (Å²) in [5.74, 6) is 0. The number of carbonyl (C=O) groups is 1. The van der Waals surface area contributed by atoms with E-state index in [0.29, 0.717) is 25.3 Å². The molecule has 128 valence electrons. The van der Waals surface area contributed by atoms with Crippen molar-refractivity contribution >= 4 is 17.5 Å². The summed E-state index contributed by atoms with van der Waals surface area (Å²) >= 11 is 0. The maximum atomic E-state index is 12.2. The van der Waals surface area contributed by atoms with E-state index in [4.69, 9.17) is 10.5 Å². The van der Waals surface area contributed by atoms with Gasteiger partial charge in [-0.2, -0.15) is 0 Å². The minimum absolute atomic E-state index is 0.0562. The highest BCUT2D eigenvalue weighted by Gasteiger charge is 2.30. The third-order valence-electron chi connectivity index (χ3n) is 3.86. The summed E-state index contributed by atoms with van der Waals surface area (Å²) in [7, 11) is 0. The van der Waals surface area contributed by atoms with Crippen LogP contribution in [0, 0.1) is 0 Å². The van der Waals surface area contributed by atoms with E-state index in [1.54, 1.807) is 11.0 Å². The normalized spacial score (nSPS) is 18.9. The van der Waals surface area contributed by atoms with Crippen molar-refractivity contribution in [2.24, 2.45) is 0 Å². The quantitative estimate of drug-likeness (QED) is 0.817. The highest BCUT2D eigenvalue weighted by molar-refractivity contribution is 5.69. The zero-order valence-corrected chi connectivity index (χ0v) is 14.4. The maximum Gasteiger partial charge on any atom is 0.410 e. The molecule has 0 saturated carbocycles. The second-order valence-electron chi connectivity index (χ2n) is 7.02. The fourth-order valence-electron chi connectivity index (χ4n) is 2.82. The zero-order valence-electron chi connectivity index (χ0n) is 14.4. The molecule has 1 unspecified atom stereocenters. The lowest BCUT2D eigenvalue weighted by atomic mass is 10.1. The maximum absolute atomic E-state index is 12.2. The third-order valence-corrected chi connectivity index (χ3v) is 3.86. The number of ether oxygens (including phenoxy) is 1. The van der Waals surface area contributed by atoms with Crippen LogP contribution in [0.25, 0.3) is 0 Å². The average molecular weight is 321 g/mol. The molecule has 1 fully saturated rings. The van der Waals surface area contributed by atoms with E-state index >= 15 is 0 Å². The minimum Gasteiger partial charge on any atom is -0.444 e. The first-order chi connectivity index (χ1) is 10.7. The van der Waals surface area contributed by atoms with Crippen molar-refractivity contribution in [3.05, 3.63) is 23.8 Å². The van der Waals surface area contributed by atoms with E-state index in [1.807, 2.05) is 32.9 Å². The summed E-state index contributed by atoms with van der Waals surface area (Å²) in [5, 5.41) is 9.56. The number of amides is 1. The van der Waals surface area contributed by atoms with E-state index in [0.717, 1.165) is 11.3 Å². The molecule has 0 radical (unpaired) electrons. The fourth-order valence-corrected chi connectivity index (χ4v) is 2.82. The fraction of sp³-hybridized carbons (Fsp3) is 0.588. The number of hydrogen-bond donors (Lipinski definition) is 2. The van der Waals surface area contributed by atoms with Crippen LogP contribution in [0.3, 0.4) is 0 Å². The van der Waals surface area contributed by atoms with E-state index in [-0.39, 0.29) is 18.7 Å². The van der Waals surface area contributed by atoms with Crippen molar-refractivity contribution in [2.45, 2.75) is 45.9 Å². The lowest BCUT2D eigenvalue weighted by Crippen LogP contribution is -2.54. The van der Waals surface area contributed by atoms with Crippen LogP contribution in [0.2, 0.25) is 0 Å². The Morgan fingerprint density at radius 1 is 1.39 bits per heavy atom. The monoisotopic (exact) mass is 321 g/mol. The van der Waals surface area contributed by atoms with Crippen molar-refractivity contribution in [2.75, 3.05) is 30.3 Å². The van der Waals surface area contributed by atoms with E-state index in [1.165, 1.54) is 0 Å². The van der Waals surface area contributed by atoms with Gasteiger partial charge in [0.25, 0.3) is 0 Å². The lowest BCUT2D eigenvalue weighted by Gasteiger charge is -2.42. The number of aliphatic hydroxyl groups is 1. The van der Waals surface area contributed by atoms with Gasteiger partial charge >= 0.3 is 6.09 Å². The molecule has 1 aliphatic rings. The van der Waals surface area contributed by atoms with Gasteiger partial charge in [0.05, 0.1) is 6.61 Å². The van der Waals surface area contributed by atoms with Gasteiger partial charge in [-0.1, -0.05) is 0 Å². The van der Waals surface area contributed by atoms with Crippen molar-refractivity contribution < 1.29 is 14.6 Å². The summed E-state index contributed by atoms with van der Waals surface area (Å²) in [4.78, 5) is 16.1. The molecular weight excluding hydrogens is 294 g/mol. The number of nitrogen functional groups attached to an aromatic ring is 1. The van der Waals surface area contributed by atoms with Gasteiger partial charge < -0.3 is 25.4 Å². The molecule has 0 spiro atoms. The van der Waals surface area contributed by atoms with Crippen LogP contribution >= 0.6 is 0 Å². The Balaban J connectivity index is 2.09. The first-order valence-electron chi connectivity index (χ1n) is 7.95.